The molecule has 2 N–H and O–H groups in total. The van der Waals surface area contributed by atoms with E-state index in [1.165, 1.54) is 6.20 Å². The van der Waals surface area contributed by atoms with Gasteiger partial charge >= 0.3 is 5.97 Å². The van der Waals surface area contributed by atoms with Crippen molar-refractivity contribution in [1.29, 1.82) is 0 Å². The summed E-state index contributed by atoms with van der Waals surface area (Å²) in [5.74, 6) is -0.851. The highest BCUT2D eigenvalue weighted by molar-refractivity contribution is 5.75. The molecule has 0 aliphatic heterocycles. The molecule has 0 amide bonds. The molecule has 96 valence electrons. The molecule has 0 saturated heterocycles. The lowest BCUT2D eigenvalue weighted by Crippen LogP contribution is -2.30. The van der Waals surface area contributed by atoms with E-state index < -0.39 is 18.2 Å². The summed E-state index contributed by atoms with van der Waals surface area (Å²) in [6.45, 7) is 1.78. The minimum Gasteiger partial charge on any atom is -0.464 e. The van der Waals surface area contributed by atoms with Crippen molar-refractivity contribution >= 4 is 11.6 Å². The van der Waals surface area contributed by atoms with Crippen molar-refractivity contribution < 1.29 is 19.7 Å². The quantitative estimate of drug-likeness (QED) is 0.762. The van der Waals surface area contributed by atoms with E-state index in [0.717, 1.165) is 0 Å². The van der Waals surface area contributed by atoms with Gasteiger partial charge in [0.15, 0.2) is 6.10 Å². The Labute approximate surface area is 103 Å². The third kappa shape index (κ3) is 2.20. The zero-order chi connectivity index (χ0) is 13.1. The van der Waals surface area contributed by atoms with Gasteiger partial charge in [-0.15, -0.1) is 0 Å². The van der Waals surface area contributed by atoms with E-state index in [1.54, 1.807) is 35.7 Å². The molecule has 0 aliphatic carbocycles. The SMILES string of the molecule is CCOC(=O)C(O)C(O)c1cnc2ccccn12. The summed E-state index contributed by atoms with van der Waals surface area (Å²) in [6.07, 6.45) is 0.118. The van der Waals surface area contributed by atoms with Crippen LogP contribution in [0.25, 0.3) is 5.65 Å². The molecule has 2 unspecified atom stereocenters. The van der Waals surface area contributed by atoms with Gasteiger partial charge in [0, 0.05) is 6.20 Å². The first kappa shape index (κ1) is 12.5. The fourth-order valence-electron chi connectivity index (χ4n) is 1.69. The average molecular weight is 250 g/mol. The number of ether oxygens (including phenoxy) is 1. The van der Waals surface area contributed by atoms with Crippen molar-refractivity contribution in [3.05, 3.63) is 36.3 Å². The van der Waals surface area contributed by atoms with E-state index in [9.17, 15) is 15.0 Å². The lowest BCUT2D eigenvalue weighted by Gasteiger charge is -2.15. The fraction of sp³-hybridized carbons (Fsp3) is 0.333. The van der Waals surface area contributed by atoms with Gasteiger partial charge in [-0.25, -0.2) is 9.78 Å². The number of aliphatic hydroxyl groups is 2. The number of hydrogen-bond acceptors (Lipinski definition) is 5. The first-order chi connectivity index (χ1) is 8.65. The molecular weight excluding hydrogens is 236 g/mol. The highest BCUT2D eigenvalue weighted by Gasteiger charge is 2.29. The van der Waals surface area contributed by atoms with Crippen molar-refractivity contribution in [1.82, 2.24) is 9.38 Å². The highest BCUT2D eigenvalue weighted by Crippen LogP contribution is 2.19. The van der Waals surface area contributed by atoms with E-state index in [4.69, 9.17) is 0 Å². The van der Waals surface area contributed by atoms with E-state index in [2.05, 4.69) is 9.72 Å². The lowest BCUT2D eigenvalue weighted by atomic mass is 10.1. The monoisotopic (exact) mass is 250 g/mol. The predicted molar refractivity (Wildman–Crippen MR) is 62.8 cm³/mol. The minimum atomic E-state index is -1.62. The number of pyridine rings is 1. The fourth-order valence-corrected chi connectivity index (χ4v) is 1.69. The van der Waals surface area contributed by atoms with Crippen LogP contribution in [0.2, 0.25) is 0 Å². The summed E-state index contributed by atoms with van der Waals surface area (Å²) in [6, 6.07) is 5.33. The number of esters is 1. The smallest absolute Gasteiger partial charge is 0.338 e. The molecule has 0 bridgehead atoms. The summed E-state index contributed by atoms with van der Waals surface area (Å²) in [7, 11) is 0. The molecular formula is C12H14N2O4. The third-order valence-electron chi connectivity index (χ3n) is 2.58. The Morgan fingerprint density at radius 2 is 2.28 bits per heavy atom. The van der Waals surface area contributed by atoms with Crippen molar-refractivity contribution in [3.8, 4) is 0 Å². The van der Waals surface area contributed by atoms with Crippen LogP contribution in [0.4, 0.5) is 0 Å². The highest BCUT2D eigenvalue weighted by atomic mass is 16.5. The van der Waals surface area contributed by atoms with Gasteiger partial charge in [0.05, 0.1) is 18.5 Å². The number of hydrogen-bond donors (Lipinski definition) is 2. The number of imidazole rings is 1. The second-order valence-electron chi connectivity index (χ2n) is 3.75. The summed E-state index contributed by atoms with van der Waals surface area (Å²) >= 11 is 0. The van der Waals surface area contributed by atoms with Gasteiger partial charge in [0.25, 0.3) is 0 Å². The van der Waals surface area contributed by atoms with E-state index >= 15 is 0 Å². The van der Waals surface area contributed by atoms with Crippen LogP contribution in [-0.4, -0.2) is 38.3 Å². The van der Waals surface area contributed by atoms with Gasteiger partial charge in [0.1, 0.15) is 11.8 Å². The van der Waals surface area contributed by atoms with E-state index in [0.29, 0.717) is 11.3 Å². The standard InChI is InChI=1S/C12H14N2O4/c1-2-18-12(17)11(16)10(15)8-7-13-9-5-3-4-6-14(8)9/h3-7,10-11,15-16H,2H2,1H3. The molecule has 2 atom stereocenters. The molecule has 6 heteroatoms. The first-order valence-electron chi connectivity index (χ1n) is 5.60. The normalized spacial score (nSPS) is 14.4. The molecule has 0 spiro atoms. The average Bonchev–Trinajstić information content (AvgIpc) is 2.81. The van der Waals surface area contributed by atoms with Crippen molar-refractivity contribution in [2.24, 2.45) is 0 Å². The Morgan fingerprint density at radius 3 is 3.00 bits per heavy atom. The molecule has 0 saturated carbocycles. The minimum absolute atomic E-state index is 0.149. The van der Waals surface area contributed by atoms with Gasteiger partial charge in [-0.2, -0.15) is 0 Å². The third-order valence-corrected chi connectivity index (χ3v) is 2.58. The number of nitrogens with zero attached hydrogens (tertiary/aromatic N) is 2. The summed E-state index contributed by atoms with van der Waals surface area (Å²) in [4.78, 5) is 15.4. The number of rotatable bonds is 4. The van der Waals surface area contributed by atoms with Gasteiger partial charge < -0.3 is 19.4 Å². The number of aliphatic hydroxyl groups excluding tert-OH is 2. The van der Waals surface area contributed by atoms with Crippen LogP contribution in [0.5, 0.6) is 0 Å². The zero-order valence-corrected chi connectivity index (χ0v) is 9.85. The number of aromatic nitrogens is 2. The maximum Gasteiger partial charge on any atom is 0.338 e. The zero-order valence-electron chi connectivity index (χ0n) is 9.85. The summed E-state index contributed by atoms with van der Waals surface area (Å²) in [5.41, 5.74) is 0.966. The van der Waals surface area contributed by atoms with Crippen molar-refractivity contribution in [3.63, 3.8) is 0 Å². The molecule has 2 aromatic rings. The number of carbonyl (C=O) groups is 1. The van der Waals surface area contributed by atoms with Crippen LogP contribution >= 0.6 is 0 Å². The van der Waals surface area contributed by atoms with E-state index in [1.807, 2.05) is 0 Å². The largest absolute Gasteiger partial charge is 0.464 e. The Balaban J connectivity index is 2.28. The molecule has 0 aromatic carbocycles. The number of fused-ring (bicyclic) bond motifs is 1. The summed E-state index contributed by atoms with van der Waals surface area (Å²) in [5, 5.41) is 19.6. The molecule has 2 aromatic heterocycles. The molecule has 18 heavy (non-hydrogen) atoms. The topological polar surface area (TPSA) is 84.1 Å². The van der Waals surface area contributed by atoms with Crippen LogP contribution in [0.1, 0.15) is 18.7 Å². The van der Waals surface area contributed by atoms with Crippen LogP contribution < -0.4 is 0 Å². The van der Waals surface area contributed by atoms with Crippen LogP contribution in [-0.2, 0) is 9.53 Å². The molecule has 2 heterocycles. The molecule has 0 radical (unpaired) electrons. The molecule has 6 nitrogen and oxygen atoms in total. The van der Waals surface area contributed by atoms with E-state index in [-0.39, 0.29) is 6.61 Å². The Morgan fingerprint density at radius 1 is 1.50 bits per heavy atom. The van der Waals surface area contributed by atoms with Gasteiger partial charge in [-0.05, 0) is 19.1 Å². The first-order valence-corrected chi connectivity index (χ1v) is 5.60. The second kappa shape index (κ2) is 5.16. The predicted octanol–water partition coefficient (Wildman–Crippen LogP) is 0.292. The molecule has 0 aliphatic rings. The Hall–Kier alpha value is -1.92. The second-order valence-corrected chi connectivity index (χ2v) is 3.75. The van der Waals surface area contributed by atoms with Crippen LogP contribution in [0.3, 0.4) is 0 Å². The Kier molecular flexibility index (Phi) is 3.59. The van der Waals surface area contributed by atoms with Gasteiger partial charge in [0.2, 0.25) is 0 Å². The van der Waals surface area contributed by atoms with Crippen molar-refractivity contribution in [2.75, 3.05) is 6.61 Å². The Bertz CT molecular complexity index is 552. The maximum absolute atomic E-state index is 11.4. The van der Waals surface area contributed by atoms with Crippen LogP contribution in [0.15, 0.2) is 30.6 Å². The van der Waals surface area contributed by atoms with Gasteiger partial charge in [-0.1, -0.05) is 6.07 Å². The summed E-state index contributed by atoms with van der Waals surface area (Å²) < 4.78 is 6.26. The number of carbonyl (C=O) groups excluding carboxylic acids is 1. The van der Waals surface area contributed by atoms with Gasteiger partial charge in [-0.3, -0.25) is 0 Å². The molecule has 2 rings (SSSR count). The van der Waals surface area contributed by atoms with Crippen LogP contribution in [0, 0.1) is 0 Å². The lowest BCUT2D eigenvalue weighted by molar-refractivity contribution is -0.159. The van der Waals surface area contributed by atoms with Crippen molar-refractivity contribution in [2.45, 2.75) is 19.1 Å². The molecule has 0 fully saturated rings. The maximum atomic E-state index is 11.4.